The Balaban J connectivity index is 1.80. The number of likely N-dealkylation sites (tertiary alicyclic amines) is 1. The molecule has 1 unspecified atom stereocenters. The Morgan fingerprint density at radius 3 is 3.17 bits per heavy atom. The van der Waals surface area contributed by atoms with Crippen LogP contribution in [0.1, 0.15) is 12.8 Å². The highest BCUT2D eigenvalue weighted by Crippen LogP contribution is 2.18. The van der Waals surface area contributed by atoms with Gasteiger partial charge in [0.25, 0.3) is 0 Å². The number of hydrogen-bond acceptors (Lipinski definition) is 4. The normalized spacial score (nSPS) is 21.3. The molecule has 0 amide bonds. The number of aromatic nitrogens is 3. The zero-order valence-electron chi connectivity index (χ0n) is 10.3. The summed E-state index contributed by atoms with van der Waals surface area (Å²) in [5, 5.41) is 7.86. The van der Waals surface area contributed by atoms with E-state index < -0.39 is 0 Å². The molecule has 0 radical (unpaired) electrons. The van der Waals surface area contributed by atoms with Crippen LogP contribution in [-0.2, 0) is 0 Å². The summed E-state index contributed by atoms with van der Waals surface area (Å²) in [4.78, 5) is 6.85. The van der Waals surface area contributed by atoms with E-state index in [9.17, 15) is 0 Å². The van der Waals surface area contributed by atoms with Crippen molar-refractivity contribution >= 4 is 27.5 Å². The average molecular weight is 310 g/mol. The molecule has 0 aliphatic carbocycles. The maximum atomic E-state index is 4.51. The number of pyridine rings is 1. The third-order valence-electron chi connectivity index (χ3n) is 3.27. The van der Waals surface area contributed by atoms with Crippen LogP contribution in [0.5, 0.6) is 0 Å². The standard InChI is InChI=1S/C12H16BrN5/c1-17-6-2-4-9(8-17)14-12-15-11-10(13)5-3-7-18(11)16-12/h3,5,7,9H,2,4,6,8H2,1H3,(H,14,16). The number of likely N-dealkylation sites (N-methyl/N-ethyl adjacent to an activating group) is 1. The molecule has 2 aromatic rings. The van der Waals surface area contributed by atoms with Crippen LogP contribution < -0.4 is 5.32 Å². The van der Waals surface area contributed by atoms with Gasteiger partial charge in [-0.1, -0.05) is 0 Å². The van der Waals surface area contributed by atoms with Crippen LogP contribution in [0.15, 0.2) is 22.8 Å². The van der Waals surface area contributed by atoms with Crippen molar-refractivity contribution in [2.75, 3.05) is 25.5 Å². The molecule has 2 aromatic heterocycles. The molecule has 1 atom stereocenters. The lowest BCUT2D eigenvalue weighted by Crippen LogP contribution is -2.39. The van der Waals surface area contributed by atoms with Gasteiger partial charge in [-0.15, -0.1) is 5.10 Å². The molecule has 0 bridgehead atoms. The first-order chi connectivity index (χ1) is 8.72. The molecule has 96 valence electrons. The van der Waals surface area contributed by atoms with E-state index in [1.807, 2.05) is 18.3 Å². The molecule has 1 saturated heterocycles. The summed E-state index contributed by atoms with van der Waals surface area (Å²) in [7, 11) is 2.15. The van der Waals surface area contributed by atoms with Crippen molar-refractivity contribution in [3.8, 4) is 0 Å². The van der Waals surface area contributed by atoms with Crippen LogP contribution in [0, 0.1) is 0 Å². The van der Waals surface area contributed by atoms with Crippen molar-refractivity contribution in [2.45, 2.75) is 18.9 Å². The van der Waals surface area contributed by atoms with Crippen LogP contribution >= 0.6 is 15.9 Å². The Morgan fingerprint density at radius 2 is 2.39 bits per heavy atom. The summed E-state index contributed by atoms with van der Waals surface area (Å²) >= 11 is 3.49. The Labute approximate surface area is 114 Å². The second-order valence-electron chi connectivity index (χ2n) is 4.81. The second kappa shape index (κ2) is 4.85. The first-order valence-corrected chi connectivity index (χ1v) is 6.97. The van der Waals surface area contributed by atoms with E-state index >= 15 is 0 Å². The molecule has 18 heavy (non-hydrogen) atoms. The summed E-state index contributed by atoms with van der Waals surface area (Å²) in [6.45, 7) is 2.24. The van der Waals surface area contributed by atoms with Crippen molar-refractivity contribution in [1.29, 1.82) is 0 Å². The first kappa shape index (κ1) is 11.9. The fourth-order valence-electron chi connectivity index (χ4n) is 2.40. The van der Waals surface area contributed by atoms with Crippen molar-refractivity contribution in [1.82, 2.24) is 19.5 Å². The molecule has 1 aliphatic heterocycles. The maximum Gasteiger partial charge on any atom is 0.243 e. The molecular formula is C12H16BrN5. The molecule has 1 N–H and O–H groups in total. The lowest BCUT2D eigenvalue weighted by atomic mass is 10.1. The van der Waals surface area contributed by atoms with Crippen molar-refractivity contribution in [2.24, 2.45) is 0 Å². The Kier molecular flexibility index (Phi) is 3.22. The van der Waals surface area contributed by atoms with E-state index in [1.54, 1.807) is 4.52 Å². The molecule has 0 aromatic carbocycles. The van der Waals surface area contributed by atoms with Gasteiger partial charge in [0.05, 0.1) is 4.47 Å². The van der Waals surface area contributed by atoms with Gasteiger partial charge in [0.15, 0.2) is 5.65 Å². The van der Waals surface area contributed by atoms with Gasteiger partial charge < -0.3 is 10.2 Å². The largest absolute Gasteiger partial charge is 0.349 e. The quantitative estimate of drug-likeness (QED) is 0.921. The van der Waals surface area contributed by atoms with Gasteiger partial charge in [-0.2, -0.15) is 4.98 Å². The van der Waals surface area contributed by atoms with E-state index in [0.29, 0.717) is 12.0 Å². The van der Waals surface area contributed by atoms with Crippen molar-refractivity contribution in [3.05, 3.63) is 22.8 Å². The summed E-state index contributed by atoms with van der Waals surface area (Å²) in [6, 6.07) is 4.37. The molecule has 6 heteroatoms. The molecule has 1 fully saturated rings. The van der Waals surface area contributed by atoms with Crippen LogP contribution in [0.3, 0.4) is 0 Å². The molecule has 3 heterocycles. The van der Waals surface area contributed by atoms with Crippen molar-refractivity contribution < 1.29 is 0 Å². The third-order valence-corrected chi connectivity index (χ3v) is 3.89. The number of hydrogen-bond donors (Lipinski definition) is 1. The molecule has 0 saturated carbocycles. The van der Waals surface area contributed by atoms with Gasteiger partial charge in [-0.05, 0) is 54.5 Å². The van der Waals surface area contributed by atoms with Crippen LogP contribution in [0.25, 0.3) is 5.65 Å². The Morgan fingerprint density at radius 1 is 1.50 bits per heavy atom. The minimum atomic E-state index is 0.444. The molecule has 3 rings (SSSR count). The number of nitrogens with zero attached hydrogens (tertiary/aromatic N) is 4. The highest BCUT2D eigenvalue weighted by Gasteiger charge is 2.18. The van der Waals surface area contributed by atoms with Crippen LogP contribution in [0.4, 0.5) is 5.95 Å². The Bertz CT molecular complexity index is 552. The predicted octanol–water partition coefficient (Wildman–Crippen LogP) is 2.00. The van der Waals surface area contributed by atoms with Gasteiger partial charge in [-0.25, -0.2) is 4.52 Å². The van der Waals surface area contributed by atoms with Crippen molar-refractivity contribution in [3.63, 3.8) is 0 Å². The molecular weight excluding hydrogens is 294 g/mol. The van der Waals surface area contributed by atoms with Gasteiger partial charge in [0, 0.05) is 18.8 Å². The lowest BCUT2D eigenvalue weighted by molar-refractivity contribution is 0.260. The smallest absolute Gasteiger partial charge is 0.243 e. The number of anilines is 1. The zero-order valence-corrected chi connectivity index (χ0v) is 11.9. The SMILES string of the molecule is CN1CCCC(Nc2nc3c(Br)cccn3n2)C1. The zero-order chi connectivity index (χ0) is 12.5. The first-order valence-electron chi connectivity index (χ1n) is 6.18. The maximum absolute atomic E-state index is 4.51. The van der Waals surface area contributed by atoms with Crippen LogP contribution in [0.2, 0.25) is 0 Å². The fraction of sp³-hybridized carbons (Fsp3) is 0.500. The number of halogens is 1. The predicted molar refractivity (Wildman–Crippen MR) is 74.8 cm³/mol. The van der Waals surface area contributed by atoms with E-state index in [2.05, 4.69) is 43.3 Å². The fourth-order valence-corrected chi connectivity index (χ4v) is 2.82. The molecule has 5 nitrogen and oxygen atoms in total. The van der Waals surface area contributed by atoms with Crippen LogP contribution in [-0.4, -0.2) is 45.7 Å². The number of fused-ring (bicyclic) bond motifs is 1. The van der Waals surface area contributed by atoms with E-state index in [1.165, 1.54) is 19.4 Å². The summed E-state index contributed by atoms with van der Waals surface area (Å²) < 4.78 is 2.75. The minimum absolute atomic E-state index is 0.444. The highest BCUT2D eigenvalue weighted by molar-refractivity contribution is 9.10. The third kappa shape index (κ3) is 2.35. The average Bonchev–Trinajstić information content (AvgIpc) is 2.73. The lowest BCUT2D eigenvalue weighted by Gasteiger charge is -2.29. The summed E-state index contributed by atoms with van der Waals surface area (Å²) in [5.41, 5.74) is 0.851. The second-order valence-corrected chi connectivity index (χ2v) is 5.66. The monoisotopic (exact) mass is 309 g/mol. The van der Waals surface area contributed by atoms with Gasteiger partial charge in [-0.3, -0.25) is 0 Å². The topological polar surface area (TPSA) is 45.5 Å². The summed E-state index contributed by atoms with van der Waals surface area (Å²) in [5.74, 6) is 0.710. The number of rotatable bonds is 2. The Hall–Kier alpha value is -1.14. The van der Waals surface area contributed by atoms with E-state index in [0.717, 1.165) is 16.7 Å². The van der Waals surface area contributed by atoms with Gasteiger partial charge in [0.2, 0.25) is 5.95 Å². The molecule has 1 aliphatic rings. The van der Waals surface area contributed by atoms with Gasteiger partial charge >= 0.3 is 0 Å². The minimum Gasteiger partial charge on any atom is -0.349 e. The summed E-state index contributed by atoms with van der Waals surface area (Å²) in [6.07, 6.45) is 4.32. The number of nitrogens with one attached hydrogen (secondary N) is 1. The van der Waals surface area contributed by atoms with Gasteiger partial charge in [0.1, 0.15) is 0 Å². The molecule has 0 spiro atoms. The number of piperidine rings is 1. The highest BCUT2D eigenvalue weighted by atomic mass is 79.9. The van der Waals surface area contributed by atoms with E-state index in [-0.39, 0.29) is 0 Å². The van der Waals surface area contributed by atoms with E-state index in [4.69, 9.17) is 0 Å².